The molecule has 1 heterocycles. The number of benzene rings is 1. The molecule has 2 amide bonds. The molecule has 0 bridgehead atoms. The largest absolute Gasteiger partial charge is 0.334 e. The standard InChI is InChI=1S/C11H14ClN3O/c12-10-4-1-3-9(7-10)8-14-5-2-6-15(13)11(14)16/h1,3-4,7H,2,5-6,8,13H2. The zero-order chi connectivity index (χ0) is 11.5. The van der Waals surface area contributed by atoms with Gasteiger partial charge in [0, 0.05) is 24.7 Å². The molecule has 1 aliphatic rings. The third kappa shape index (κ3) is 2.46. The van der Waals surface area contributed by atoms with Gasteiger partial charge in [-0.3, -0.25) is 5.01 Å². The van der Waals surface area contributed by atoms with Crippen LogP contribution in [0.1, 0.15) is 12.0 Å². The SMILES string of the molecule is NN1CCCN(Cc2cccc(Cl)c2)C1=O. The summed E-state index contributed by atoms with van der Waals surface area (Å²) in [6.07, 6.45) is 0.906. The van der Waals surface area contributed by atoms with E-state index in [0.29, 0.717) is 18.1 Å². The molecule has 4 nitrogen and oxygen atoms in total. The fourth-order valence-electron chi connectivity index (χ4n) is 1.81. The van der Waals surface area contributed by atoms with E-state index >= 15 is 0 Å². The van der Waals surface area contributed by atoms with Gasteiger partial charge in [-0.05, 0) is 24.1 Å². The van der Waals surface area contributed by atoms with Crippen LogP contribution < -0.4 is 5.84 Å². The molecule has 86 valence electrons. The van der Waals surface area contributed by atoms with Gasteiger partial charge in [0.2, 0.25) is 0 Å². The van der Waals surface area contributed by atoms with Crippen LogP contribution in [0.5, 0.6) is 0 Å². The second-order valence-electron chi connectivity index (χ2n) is 3.88. The van der Waals surface area contributed by atoms with Crippen LogP contribution in [0, 0.1) is 0 Å². The maximum absolute atomic E-state index is 11.7. The van der Waals surface area contributed by atoms with E-state index in [-0.39, 0.29) is 6.03 Å². The lowest BCUT2D eigenvalue weighted by Crippen LogP contribution is -2.52. The second kappa shape index (κ2) is 4.72. The van der Waals surface area contributed by atoms with Crippen molar-refractivity contribution < 1.29 is 4.79 Å². The number of halogens is 1. The first kappa shape index (κ1) is 11.2. The molecule has 0 atom stereocenters. The minimum absolute atomic E-state index is 0.119. The first-order valence-corrected chi connectivity index (χ1v) is 5.60. The Kier molecular flexibility index (Phi) is 3.31. The third-order valence-electron chi connectivity index (χ3n) is 2.61. The number of carbonyl (C=O) groups is 1. The van der Waals surface area contributed by atoms with Crippen LogP contribution in [0.25, 0.3) is 0 Å². The van der Waals surface area contributed by atoms with Gasteiger partial charge in [-0.1, -0.05) is 23.7 Å². The average Bonchev–Trinajstić information content (AvgIpc) is 2.25. The zero-order valence-corrected chi connectivity index (χ0v) is 9.65. The normalized spacial score (nSPS) is 16.8. The molecule has 0 saturated carbocycles. The molecular formula is C11H14ClN3O. The van der Waals surface area contributed by atoms with Gasteiger partial charge in [-0.25, -0.2) is 10.6 Å². The molecule has 0 unspecified atom stereocenters. The summed E-state index contributed by atoms with van der Waals surface area (Å²) in [5.41, 5.74) is 1.02. The fourth-order valence-corrected chi connectivity index (χ4v) is 2.02. The Labute approximate surface area is 99.5 Å². The number of nitrogens with two attached hydrogens (primary N) is 1. The molecule has 2 N–H and O–H groups in total. The number of hydrazine groups is 1. The van der Waals surface area contributed by atoms with Gasteiger partial charge in [0.1, 0.15) is 0 Å². The number of rotatable bonds is 2. The number of hydrogen-bond donors (Lipinski definition) is 1. The van der Waals surface area contributed by atoms with Crippen molar-refractivity contribution in [3.05, 3.63) is 34.9 Å². The summed E-state index contributed by atoms with van der Waals surface area (Å²) in [6.45, 7) is 1.94. The summed E-state index contributed by atoms with van der Waals surface area (Å²) in [5.74, 6) is 5.57. The van der Waals surface area contributed by atoms with Crippen molar-refractivity contribution in [1.82, 2.24) is 9.91 Å². The quantitative estimate of drug-likeness (QED) is 0.633. The molecule has 0 radical (unpaired) electrons. The Morgan fingerprint density at radius 1 is 1.38 bits per heavy atom. The molecule has 1 fully saturated rings. The summed E-state index contributed by atoms with van der Waals surface area (Å²) < 4.78 is 0. The Bertz CT molecular complexity index is 397. The van der Waals surface area contributed by atoms with Gasteiger partial charge in [-0.15, -0.1) is 0 Å². The van der Waals surface area contributed by atoms with Crippen molar-refractivity contribution >= 4 is 17.6 Å². The number of urea groups is 1. The van der Waals surface area contributed by atoms with Gasteiger partial charge in [0.15, 0.2) is 0 Å². The van der Waals surface area contributed by atoms with Crippen LogP contribution in [0.15, 0.2) is 24.3 Å². The molecule has 1 aliphatic heterocycles. The zero-order valence-electron chi connectivity index (χ0n) is 8.90. The van der Waals surface area contributed by atoms with Crippen LogP contribution in [0.2, 0.25) is 5.02 Å². The van der Waals surface area contributed by atoms with Gasteiger partial charge >= 0.3 is 6.03 Å². The monoisotopic (exact) mass is 239 g/mol. The van der Waals surface area contributed by atoms with Crippen molar-refractivity contribution in [3.8, 4) is 0 Å². The molecule has 2 rings (SSSR count). The first-order chi connectivity index (χ1) is 7.66. The molecular weight excluding hydrogens is 226 g/mol. The average molecular weight is 240 g/mol. The molecule has 5 heteroatoms. The minimum atomic E-state index is -0.119. The van der Waals surface area contributed by atoms with E-state index in [9.17, 15) is 4.79 Å². The van der Waals surface area contributed by atoms with Crippen LogP contribution in [0.3, 0.4) is 0 Å². The number of amides is 2. The lowest BCUT2D eigenvalue weighted by atomic mass is 10.2. The smallest absolute Gasteiger partial charge is 0.319 e. The molecule has 1 aromatic carbocycles. The predicted octanol–water partition coefficient (Wildman–Crippen LogP) is 1.84. The first-order valence-electron chi connectivity index (χ1n) is 5.22. The van der Waals surface area contributed by atoms with Crippen molar-refractivity contribution in [3.63, 3.8) is 0 Å². The highest BCUT2D eigenvalue weighted by atomic mass is 35.5. The van der Waals surface area contributed by atoms with Crippen molar-refractivity contribution in [2.75, 3.05) is 13.1 Å². The molecule has 1 aromatic rings. The number of carbonyl (C=O) groups excluding carboxylic acids is 1. The van der Waals surface area contributed by atoms with Crippen LogP contribution in [0.4, 0.5) is 4.79 Å². The highest BCUT2D eigenvalue weighted by molar-refractivity contribution is 6.30. The third-order valence-corrected chi connectivity index (χ3v) is 2.84. The van der Waals surface area contributed by atoms with Crippen LogP contribution >= 0.6 is 11.6 Å². The van der Waals surface area contributed by atoms with Crippen molar-refractivity contribution in [1.29, 1.82) is 0 Å². The lowest BCUT2D eigenvalue weighted by molar-refractivity contribution is 0.127. The second-order valence-corrected chi connectivity index (χ2v) is 4.32. The van der Waals surface area contributed by atoms with Gasteiger partial charge in [-0.2, -0.15) is 0 Å². The molecule has 16 heavy (non-hydrogen) atoms. The van der Waals surface area contributed by atoms with E-state index in [0.717, 1.165) is 18.5 Å². The molecule has 0 aromatic heterocycles. The number of nitrogens with zero attached hydrogens (tertiary/aromatic N) is 2. The maximum Gasteiger partial charge on any atom is 0.334 e. The van der Waals surface area contributed by atoms with E-state index in [1.54, 1.807) is 4.90 Å². The molecule has 0 spiro atoms. The predicted molar refractivity (Wildman–Crippen MR) is 62.8 cm³/mol. The Morgan fingerprint density at radius 3 is 2.94 bits per heavy atom. The highest BCUT2D eigenvalue weighted by Gasteiger charge is 2.22. The minimum Gasteiger partial charge on any atom is -0.319 e. The highest BCUT2D eigenvalue weighted by Crippen LogP contribution is 2.15. The lowest BCUT2D eigenvalue weighted by Gasteiger charge is -2.32. The maximum atomic E-state index is 11.7. The van der Waals surface area contributed by atoms with E-state index in [4.69, 9.17) is 17.4 Å². The molecule has 1 saturated heterocycles. The van der Waals surface area contributed by atoms with Gasteiger partial charge < -0.3 is 4.90 Å². The van der Waals surface area contributed by atoms with Crippen LogP contribution in [-0.4, -0.2) is 29.0 Å². The summed E-state index contributed by atoms with van der Waals surface area (Å²) in [5, 5.41) is 1.94. The summed E-state index contributed by atoms with van der Waals surface area (Å²) in [6, 6.07) is 7.40. The van der Waals surface area contributed by atoms with Gasteiger partial charge in [0.25, 0.3) is 0 Å². The van der Waals surface area contributed by atoms with E-state index in [1.165, 1.54) is 5.01 Å². The summed E-state index contributed by atoms with van der Waals surface area (Å²) in [4.78, 5) is 13.4. The Hall–Kier alpha value is -1.26. The summed E-state index contributed by atoms with van der Waals surface area (Å²) in [7, 11) is 0. The Morgan fingerprint density at radius 2 is 2.19 bits per heavy atom. The Balaban J connectivity index is 2.06. The van der Waals surface area contributed by atoms with E-state index < -0.39 is 0 Å². The van der Waals surface area contributed by atoms with E-state index in [2.05, 4.69) is 0 Å². The van der Waals surface area contributed by atoms with Crippen LogP contribution in [-0.2, 0) is 6.54 Å². The van der Waals surface area contributed by atoms with Crippen molar-refractivity contribution in [2.24, 2.45) is 5.84 Å². The van der Waals surface area contributed by atoms with Crippen molar-refractivity contribution in [2.45, 2.75) is 13.0 Å². The molecule has 0 aliphatic carbocycles. The topological polar surface area (TPSA) is 49.6 Å². The fraction of sp³-hybridized carbons (Fsp3) is 0.364. The van der Waals surface area contributed by atoms with E-state index in [1.807, 2.05) is 24.3 Å². The van der Waals surface area contributed by atoms with Gasteiger partial charge in [0.05, 0.1) is 0 Å². The number of hydrogen-bond acceptors (Lipinski definition) is 2. The summed E-state index contributed by atoms with van der Waals surface area (Å²) >= 11 is 5.89.